The van der Waals surface area contributed by atoms with Crippen molar-refractivity contribution >= 4 is 27.9 Å². The van der Waals surface area contributed by atoms with Crippen LogP contribution in [0.25, 0.3) is 22.1 Å². The summed E-state index contributed by atoms with van der Waals surface area (Å²) >= 11 is 0. The molecule has 208 valence electrons. The van der Waals surface area contributed by atoms with Crippen molar-refractivity contribution in [1.82, 2.24) is 34.2 Å². The summed E-state index contributed by atoms with van der Waals surface area (Å²) in [5, 5.41) is 15.3. The van der Waals surface area contributed by atoms with Gasteiger partial charge in [-0.05, 0) is 37.3 Å². The Bertz CT molecular complexity index is 1670. The molecule has 4 heterocycles. The number of imidazole rings is 1. The van der Waals surface area contributed by atoms with Crippen molar-refractivity contribution in [2.24, 2.45) is 0 Å². The van der Waals surface area contributed by atoms with Gasteiger partial charge in [0.15, 0.2) is 5.65 Å². The summed E-state index contributed by atoms with van der Waals surface area (Å²) in [4.78, 5) is 14.1. The summed E-state index contributed by atoms with van der Waals surface area (Å²) in [5.74, 6) is 5.27. The standard InChI is InChI=1S/C26H24F4N8O2/c1-2-22(39)36-10-16(8-17(36)11-40-26(28,29)30)38-25-23(24(31)32-12-33-25)19(35-38)6-3-14-7-20-21(9-18(14)27)37(13-34-20)15-4-5-15/h2,7,9,12-13,15-17,22,39H,1,4-5,8,10-11H2,(H2,31,32,33)/t16-,17+,22?/m0/s1. The second-order valence-electron chi connectivity index (χ2n) is 9.85. The third-order valence-electron chi connectivity index (χ3n) is 7.21. The molecule has 1 aliphatic carbocycles. The Balaban J connectivity index is 1.35. The fourth-order valence-corrected chi connectivity index (χ4v) is 5.16. The summed E-state index contributed by atoms with van der Waals surface area (Å²) in [6.07, 6.45) is 0.377. The number of halogens is 4. The molecule has 3 atom stereocenters. The van der Waals surface area contributed by atoms with Crippen molar-refractivity contribution in [3.63, 3.8) is 0 Å². The lowest BCUT2D eigenvalue weighted by molar-refractivity contribution is -0.328. The van der Waals surface area contributed by atoms with Gasteiger partial charge in [-0.3, -0.25) is 9.64 Å². The number of benzene rings is 1. The molecule has 10 nitrogen and oxygen atoms in total. The molecule has 1 saturated carbocycles. The molecule has 1 saturated heterocycles. The van der Waals surface area contributed by atoms with Gasteiger partial charge in [0.25, 0.3) is 0 Å². The predicted octanol–water partition coefficient (Wildman–Crippen LogP) is 3.29. The molecule has 2 fully saturated rings. The molecule has 3 aromatic heterocycles. The van der Waals surface area contributed by atoms with Crippen molar-refractivity contribution in [3.05, 3.63) is 54.5 Å². The number of likely N-dealkylation sites (tertiary alicyclic amines) is 1. The fraction of sp³-hybridized carbons (Fsp3) is 0.385. The summed E-state index contributed by atoms with van der Waals surface area (Å²) in [5.41, 5.74) is 8.07. The summed E-state index contributed by atoms with van der Waals surface area (Å²) in [6, 6.07) is 2.04. The zero-order valence-electron chi connectivity index (χ0n) is 21.0. The summed E-state index contributed by atoms with van der Waals surface area (Å²) in [6.45, 7) is 2.97. The van der Waals surface area contributed by atoms with Crippen LogP contribution in [0, 0.1) is 17.7 Å². The molecule has 6 rings (SSSR count). The molecule has 1 unspecified atom stereocenters. The smallest absolute Gasteiger partial charge is 0.383 e. The highest BCUT2D eigenvalue weighted by Crippen LogP contribution is 2.37. The Kier molecular flexibility index (Phi) is 6.44. The molecule has 40 heavy (non-hydrogen) atoms. The minimum absolute atomic E-state index is 0.0950. The maximum atomic E-state index is 15.0. The normalized spacial score (nSPS) is 20.6. The van der Waals surface area contributed by atoms with Gasteiger partial charge in [-0.15, -0.1) is 13.2 Å². The molecule has 3 N–H and O–H groups in total. The number of anilines is 1. The number of aliphatic hydroxyl groups excluding tert-OH is 1. The quantitative estimate of drug-likeness (QED) is 0.211. The predicted molar refractivity (Wildman–Crippen MR) is 136 cm³/mol. The van der Waals surface area contributed by atoms with Crippen LogP contribution >= 0.6 is 0 Å². The SMILES string of the molecule is C=CC(O)N1C[C@@H](n2nc(C#Cc3cc4ncn(C5CC5)c4cc3F)c3c(N)ncnc32)C[C@@H]1COC(F)(F)F. The van der Waals surface area contributed by atoms with Gasteiger partial charge in [-0.2, -0.15) is 5.10 Å². The van der Waals surface area contributed by atoms with E-state index >= 15 is 4.39 Å². The number of nitrogens with zero attached hydrogens (tertiary/aromatic N) is 7. The van der Waals surface area contributed by atoms with E-state index in [-0.39, 0.29) is 30.0 Å². The number of fused-ring (bicyclic) bond motifs is 2. The highest BCUT2D eigenvalue weighted by atomic mass is 19.4. The number of rotatable bonds is 6. The number of aliphatic hydroxyl groups is 1. The van der Waals surface area contributed by atoms with Crippen LogP contribution in [0.15, 0.2) is 37.4 Å². The highest BCUT2D eigenvalue weighted by molar-refractivity contribution is 5.90. The van der Waals surface area contributed by atoms with Gasteiger partial charge in [0.2, 0.25) is 0 Å². The maximum absolute atomic E-state index is 15.0. The number of aromatic nitrogens is 6. The van der Waals surface area contributed by atoms with Crippen molar-refractivity contribution in [1.29, 1.82) is 0 Å². The second kappa shape index (κ2) is 9.84. The lowest BCUT2D eigenvalue weighted by Crippen LogP contribution is -2.41. The van der Waals surface area contributed by atoms with Crippen molar-refractivity contribution in [3.8, 4) is 11.8 Å². The lowest BCUT2D eigenvalue weighted by Gasteiger charge is -2.27. The highest BCUT2D eigenvalue weighted by Gasteiger charge is 2.40. The van der Waals surface area contributed by atoms with E-state index in [9.17, 15) is 18.3 Å². The molecular weight excluding hydrogens is 532 g/mol. The van der Waals surface area contributed by atoms with E-state index in [0.29, 0.717) is 28.1 Å². The molecule has 14 heteroatoms. The van der Waals surface area contributed by atoms with Crippen molar-refractivity contribution < 1.29 is 27.4 Å². The Morgan fingerprint density at radius 1 is 1.20 bits per heavy atom. The summed E-state index contributed by atoms with van der Waals surface area (Å²) < 4.78 is 60.8. The first-order valence-corrected chi connectivity index (χ1v) is 12.6. The zero-order chi connectivity index (χ0) is 28.2. The van der Waals surface area contributed by atoms with Crippen molar-refractivity contribution in [2.75, 3.05) is 18.9 Å². The molecule has 2 aliphatic rings. The summed E-state index contributed by atoms with van der Waals surface area (Å²) in [7, 11) is 0. The molecule has 0 radical (unpaired) electrons. The Hall–Kier alpha value is -4.06. The first-order valence-electron chi connectivity index (χ1n) is 12.6. The van der Waals surface area contributed by atoms with E-state index in [1.54, 1.807) is 12.4 Å². The lowest BCUT2D eigenvalue weighted by atomic mass is 10.1. The van der Waals surface area contributed by atoms with E-state index in [0.717, 1.165) is 12.8 Å². The molecule has 1 aromatic carbocycles. The van der Waals surface area contributed by atoms with Crippen LogP contribution in [0.1, 0.15) is 42.6 Å². The third-order valence-corrected chi connectivity index (χ3v) is 7.21. The number of hydrogen-bond acceptors (Lipinski definition) is 8. The first kappa shape index (κ1) is 26.2. The van der Waals surface area contributed by atoms with Crippen LogP contribution in [0.5, 0.6) is 0 Å². The van der Waals surface area contributed by atoms with Gasteiger partial charge < -0.3 is 15.4 Å². The van der Waals surface area contributed by atoms with Crippen LogP contribution in [0.4, 0.5) is 23.4 Å². The average Bonchev–Trinajstić information content (AvgIpc) is 3.36. The largest absolute Gasteiger partial charge is 0.522 e. The van der Waals surface area contributed by atoms with Gasteiger partial charge in [0.05, 0.1) is 41.0 Å². The number of nitrogen functional groups attached to an aromatic ring is 1. The molecule has 0 amide bonds. The molecular formula is C26H24F4N8O2. The van der Waals surface area contributed by atoms with Gasteiger partial charge in [0, 0.05) is 24.7 Å². The average molecular weight is 557 g/mol. The number of nitrogens with two attached hydrogens (primary N) is 1. The number of alkyl halides is 3. The molecule has 0 bridgehead atoms. The number of ether oxygens (including phenoxy) is 1. The third kappa shape index (κ3) is 4.87. The Labute approximate surface area is 225 Å². The van der Waals surface area contributed by atoms with Crippen molar-refractivity contribution in [2.45, 2.75) is 50.0 Å². The molecule has 1 aliphatic heterocycles. The van der Waals surface area contributed by atoms with E-state index in [1.807, 2.05) is 4.57 Å². The van der Waals surface area contributed by atoms with Crippen LogP contribution in [-0.2, 0) is 4.74 Å². The van der Waals surface area contributed by atoms with E-state index in [4.69, 9.17) is 5.73 Å². The van der Waals surface area contributed by atoms with Gasteiger partial charge >= 0.3 is 6.36 Å². The Morgan fingerprint density at radius 3 is 2.73 bits per heavy atom. The minimum Gasteiger partial charge on any atom is -0.383 e. The van der Waals surface area contributed by atoms with Gasteiger partial charge in [0.1, 0.15) is 29.9 Å². The van der Waals surface area contributed by atoms with Crippen LogP contribution in [-0.4, -0.2) is 71.1 Å². The van der Waals surface area contributed by atoms with Gasteiger partial charge in [-0.25, -0.2) is 24.0 Å². The zero-order valence-corrected chi connectivity index (χ0v) is 21.0. The Morgan fingerprint density at radius 2 is 2.00 bits per heavy atom. The topological polar surface area (TPSA) is 120 Å². The van der Waals surface area contributed by atoms with E-state index in [2.05, 4.69) is 43.2 Å². The van der Waals surface area contributed by atoms with E-state index < -0.39 is 37.1 Å². The van der Waals surface area contributed by atoms with Crippen LogP contribution in [0.2, 0.25) is 0 Å². The molecule has 4 aromatic rings. The first-order chi connectivity index (χ1) is 19.1. The van der Waals surface area contributed by atoms with Crippen LogP contribution in [0.3, 0.4) is 0 Å². The van der Waals surface area contributed by atoms with Gasteiger partial charge in [-0.1, -0.05) is 12.5 Å². The second-order valence-corrected chi connectivity index (χ2v) is 9.85. The van der Waals surface area contributed by atoms with Crippen LogP contribution < -0.4 is 5.73 Å². The van der Waals surface area contributed by atoms with E-state index in [1.165, 1.54) is 28.1 Å². The number of hydrogen-bond donors (Lipinski definition) is 2. The fourth-order valence-electron chi connectivity index (χ4n) is 5.16. The minimum atomic E-state index is -4.82. The monoisotopic (exact) mass is 556 g/mol. The maximum Gasteiger partial charge on any atom is 0.522 e. The molecule has 0 spiro atoms.